The minimum Gasteiger partial charge on any atom is -0.389 e. The topological polar surface area (TPSA) is 43.8 Å². The third kappa shape index (κ3) is 2.18. The van der Waals surface area contributed by atoms with Crippen molar-refractivity contribution in [2.45, 2.75) is 13.8 Å². The molecule has 0 saturated heterocycles. The smallest absolute Gasteiger partial charge is 0.107 e. The van der Waals surface area contributed by atoms with Gasteiger partial charge in [0.2, 0.25) is 0 Å². The molecule has 2 N–H and O–H groups in total. The van der Waals surface area contributed by atoms with Gasteiger partial charge in [-0.05, 0) is 32.0 Å². The van der Waals surface area contributed by atoms with Gasteiger partial charge in [0.05, 0.1) is 22.0 Å². The molecule has 0 unspecified atom stereocenters. The molecule has 1 heterocycles. The van der Waals surface area contributed by atoms with E-state index in [0.29, 0.717) is 10.6 Å². The zero-order valence-corrected chi connectivity index (χ0v) is 11.1. The van der Waals surface area contributed by atoms with Crippen LogP contribution >= 0.6 is 23.8 Å². The lowest BCUT2D eigenvalue weighted by molar-refractivity contribution is 0.832. The van der Waals surface area contributed by atoms with E-state index in [4.69, 9.17) is 29.6 Å². The van der Waals surface area contributed by atoms with Gasteiger partial charge in [-0.15, -0.1) is 0 Å². The third-order valence-electron chi connectivity index (χ3n) is 2.48. The van der Waals surface area contributed by atoms with Gasteiger partial charge in [-0.3, -0.25) is 0 Å². The van der Waals surface area contributed by atoms with Gasteiger partial charge in [-0.25, -0.2) is 4.68 Å². The second-order valence-electron chi connectivity index (χ2n) is 3.84. The number of aryl methyl sites for hydroxylation is 2. The molecule has 0 radical (unpaired) electrons. The zero-order valence-electron chi connectivity index (χ0n) is 9.57. The summed E-state index contributed by atoms with van der Waals surface area (Å²) in [6.07, 6.45) is 0. The predicted molar refractivity (Wildman–Crippen MR) is 73.9 cm³/mol. The molecule has 3 nitrogen and oxygen atoms in total. The summed E-state index contributed by atoms with van der Waals surface area (Å²) in [5, 5.41) is 4.95. The van der Waals surface area contributed by atoms with Crippen molar-refractivity contribution < 1.29 is 0 Å². The van der Waals surface area contributed by atoms with Gasteiger partial charge in [-0.2, -0.15) is 5.10 Å². The Morgan fingerprint density at radius 1 is 1.41 bits per heavy atom. The normalized spacial score (nSPS) is 10.5. The molecule has 0 aliphatic rings. The van der Waals surface area contributed by atoms with E-state index in [2.05, 4.69) is 5.10 Å². The second-order valence-corrected chi connectivity index (χ2v) is 4.68. The molecule has 0 bridgehead atoms. The van der Waals surface area contributed by atoms with Crippen LogP contribution in [0.5, 0.6) is 0 Å². The van der Waals surface area contributed by atoms with Crippen molar-refractivity contribution in [1.82, 2.24) is 9.78 Å². The monoisotopic (exact) mass is 265 g/mol. The molecule has 0 aliphatic heterocycles. The highest BCUT2D eigenvalue weighted by Gasteiger charge is 2.13. The molecular formula is C12H12ClN3S. The molecule has 2 aromatic rings. The molecule has 0 fully saturated rings. The number of nitrogens with zero attached hydrogens (tertiary/aromatic N) is 2. The van der Waals surface area contributed by atoms with Gasteiger partial charge >= 0.3 is 0 Å². The van der Waals surface area contributed by atoms with E-state index in [0.717, 1.165) is 17.1 Å². The van der Waals surface area contributed by atoms with E-state index < -0.39 is 0 Å². The minimum atomic E-state index is 0.276. The van der Waals surface area contributed by atoms with Crippen molar-refractivity contribution in [2.75, 3.05) is 0 Å². The average molecular weight is 266 g/mol. The van der Waals surface area contributed by atoms with Crippen molar-refractivity contribution in [1.29, 1.82) is 0 Å². The van der Waals surface area contributed by atoms with Crippen molar-refractivity contribution in [3.05, 3.63) is 46.2 Å². The summed E-state index contributed by atoms with van der Waals surface area (Å²) in [4.78, 5) is 0.276. The van der Waals surface area contributed by atoms with E-state index in [1.54, 1.807) is 10.7 Å². The Balaban J connectivity index is 2.71. The lowest BCUT2D eigenvalue weighted by Crippen LogP contribution is -2.15. The fourth-order valence-corrected chi connectivity index (χ4v) is 2.35. The highest BCUT2D eigenvalue weighted by atomic mass is 35.5. The van der Waals surface area contributed by atoms with Crippen molar-refractivity contribution in [3.63, 3.8) is 0 Å². The number of hydrogen-bond donors (Lipinski definition) is 1. The highest BCUT2D eigenvalue weighted by molar-refractivity contribution is 7.80. The van der Waals surface area contributed by atoms with E-state index >= 15 is 0 Å². The first kappa shape index (κ1) is 12.1. The lowest BCUT2D eigenvalue weighted by atomic mass is 10.1. The average Bonchev–Trinajstić information content (AvgIpc) is 2.56. The van der Waals surface area contributed by atoms with Crippen LogP contribution in [0, 0.1) is 13.8 Å². The summed E-state index contributed by atoms with van der Waals surface area (Å²) in [5.74, 6) is 0. The number of hydrogen-bond acceptors (Lipinski definition) is 2. The molecular weight excluding hydrogens is 254 g/mol. The maximum absolute atomic E-state index is 6.12. The van der Waals surface area contributed by atoms with Crippen LogP contribution in [0.15, 0.2) is 24.3 Å². The van der Waals surface area contributed by atoms with E-state index in [1.165, 1.54) is 0 Å². The molecule has 0 saturated carbocycles. The fraction of sp³-hybridized carbons (Fsp3) is 0.167. The van der Waals surface area contributed by atoms with Crippen LogP contribution in [0.3, 0.4) is 0 Å². The van der Waals surface area contributed by atoms with E-state index in [9.17, 15) is 0 Å². The molecule has 0 atom stereocenters. The summed E-state index contributed by atoms with van der Waals surface area (Å²) < 4.78 is 1.80. The van der Waals surface area contributed by atoms with Crippen LogP contribution in [-0.4, -0.2) is 14.8 Å². The number of rotatable bonds is 2. The Hall–Kier alpha value is -1.39. The third-order valence-corrected chi connectivity index (χ3v) is 2.99. The maximum atomic E-state index is 6.12. The Morgan fingerprint density at radius 2 is 2.12 bits per heavy atom. The summed E-state index contributed by atoms with van der Waals surface area (Å²) in [5.41, 5.74) is 9.15. The largest absolute Gasteiger partial charge is 0.389 e. The molecule has 0 aliphatic carbocycles. The van der Waals surface area contributed by atoms with Crippen molar-refractivity contribution in [3.8, 4) is 5.69 Å². The van der Waals surface area contributed by atoms with Crippen LogP contribution in [0.25, 0.3) is 5.69 Å². The Bertz CT molecular complexity index is 589. The first-order valence-corrected chi connectivity index (χ1v) is 5.91. The summed E-state index contributed by atoms with van der Waals surface area (Å²) >= 11 is 11.2. The first-order chi connectivity index (χ1) is 8.00. The van der Waals surface area contributed by atoms with E-state index in [1.807, 2.05) is 32.0 Å². The van der Waals surface area contributed by atoms with Crippen LogP contribution in [-0.2, 0) is 0 Å². The van der Waals surface area contributed by atoms with Gasteiger partial charge < -0.3 is 5.73 Å². The first-order valence-electron chi connectivity index (χ1n) is 5.12. The van der Waals surface area contributed by atoms with E-state index in [-0.39, 0.29) is 4.99 Å². The number of nitrogens with two attached hydrogens (primary N) is 1. The van der Waals surface area contributed by atoms with Crippen molar-refractivity contribution in [2.24, 2.45) is 5.73 Å². The van der Waals surface area contributed by atoms with Crippen LogP contribution in [0.1, 0.15) is 17.0 Å². The standard InChI is InChI=1S/C12H12ClN3S/c1-7-6-8(2)16(15-7)10-5-3-4-9(13)11(10)12(14)17/h3-6H,1-2H3,(H2,14,17). The Morgan fingerprint density at radius 3 is 2.65 bits per heavy atom. The minimum absolute atomic E-state index is 0.276. The molecule has 1 aromatic carbocycles. The fourth-order valence-electron chi connectivity index (χ4n) is 1.81. The number of benzene rings is 1. The highest BCUT2D eigenvalue weighted by Crippen LogP contribution is 2.24. The predicted octanol–water partition coefficient (Wildman–Crippen LogP) is 2.78. The molecule has 1 aromatic heterocycles. The number of aromatic nitrogens is 2. The summed E-state index contributed by atoms with van der Waals surface area (Å²) in [6.45, 7) is 3.92. The van der Waals surface area contributed by atoms with Crippen molar-refractivity contribution >= 4 is 28.8 Å². The van der Waals surface area contributed by atoms with Gasteiger partial charge in [0.1, 0.15) is 4.99 Å². The van der Waals surface area contributed by atoms with Gasteiger partial charge in [0.15, 0.2) is 0 Å². The second kappa shape index (κ2) is 4.47. The van der Waals surface area contributed by atoms with Crippen LogP contribution < -0.4 is 5.73 Å². The van der Waals surface area contributed by atoms with Crippen LogP contribution in [0.2, 0.25) is 5.02 Å². The SMILES string of the molecule is Cc1cc(C)n(-c2cccc(Cl)c2C(N)=S)n1. The summed E-state index contributed by atoms with van der Waals surface area (Å²) in [7, 11) is 0. The van der Waals surface area contributed by atoms with Gasteiger partial charge in [0.25, 0.3) is 0 Å². The molecule has 17 heavy (non-hydrogen) atoms. The zero-order chi connectivity index (χ0) is 12.6. The molecule has 0 spiro atoms. The van der Waals surface area contributed by atoms with Crippen LogP contribution in [0.4, 0.5) is 0 Å². The molecule has 2 rings (SSSR count). The van der Waals surface area contributed by atoms with Gasteiger partial charge in [0, 0.05) is 5.69 Å². The van der Waals surface area contributed by atoms with Gasteiger partial charge in [-0.1, -0.05) is 29.9 Å². The quantitative estimate of drug-likeness (QED) is 0.850. The molecule has 0 amide bonds. The summed E-state index contributed by atoms with van der Waals surface area (Å²) in [6, 6.07) is 7.52. The Labute approximate surface area is 110 Å². The lowest BCUT2D eigenvalue weighted by Gasteiger charge is -2.11. The molecule has 88 valence electrons. The maximum Gasteiger partial charge on any atom is 0.107 e. The number of thiocarbonyl (C=S) groups is 1. The number of halogens is 1. The molecule has 5 heteroatoms. The Kier molecular flexibility index (Phi) is 3.17.